The third kappa shape index (κ3) is 3.72. The molecule has 2 aliphatic rings. The van der Waals surface area contributed by atoms with Gasteiger partial charge in [-0.25, -0.2) is 0 Å². The van der Waals surface area contributed by atoms with Gasteiger partial charge in [-0.3, -0.25) is 9.59 Å². The first kappa shape index (κ1) is 19.2. The first-order chi connectivity index (χ1) is 15.2. The van der Waals surface area contributed by atoms with Crippen LogP contribution in [0.3, 0.4) is 0 Å². The highest BCUT2D eigenvalue weighted by Crippen LogP contribution is 2.44. The zero-order chi connectivity index (χ0) is 21.2. The van der Waals surface area contributed by atoms with Crippen LogP contribution in [0.2, 0.25) is 0 Å². The highest BCUT2D eigenvalue weighted by atomic mass is 16.3. The number of Topliss-reactive ketones (excluding diaryl/α,β-unsaturated/α-hetero) is 1. The number of rotatable bonds is 4. The molecule has 1 atom stereocenters. The molecule has 5 rings (SSSR count). The third-order valence-electron chi connectivity index (χ3n) is 5.72. The van der Waals surface area contributed by atoms with Crippen LogP contribution in [0.15, 0.2) is 88.7 Å². The van der Waals surface area contributed by atoms with Crippen LogP contribution in [-0.2, 0) is 9.59 Å². The number of ketones is 1. The van der Waals surface area contributed by atoms with Crippen LogP contribution >= 0.6 is 0 Å². The molecule has 6 nitrogen and oxygen atoms in total. The number of carbonyl (C=O) groups excluding carboxylic acids is 2. The van der Waals surface area contributed by atoms with E-state index in [1.807, 2.05) is 71.6 Å². The second-order valence-corrected chi connectivity index (χ2v) is 7.77. The molecule has 0 spiro atoms. The predicted molar refractivity (Wildman–Crippen MR) is 120 cm³/mol. The number of carbonyl (C=O) groups is 2. The fraction of sp³-hybridized carbons (Fsp3) is 0.200. The Bertz CT molecular complexity index is 1140. The van der Waals surface area contributed by atoms with Gasteiger partial charge in [-0.15, -0.1) is 0 Å². The summed E-state index contributed by atoms with van der Waals surface area (Å²) in [6, 6.07) is 20.4. The second-order valence-electron chi connectivity index (χ2n) is 7.77. The zero-order valence-corrected chi connectivity index (χ0v) is 17.0. The van der Waals surface area contributed by atoms with E-state index < -0.39 is 6.04 Å². The largest absolute Gasteiger partial charge is 0.467 e. The first-order valence-corrected chi connectivity index (χ1v) is 10.5. The molecule has 0 bridgehead atoms. The van der Waals surface area contributed by atoms with Gasteiger partial charge in [-0.05, 0) is 49.2 Å². The van der Waals surface area contributed by atoms with E-state index in [2.05, 4.69) is 10.6 Å². The van der Waals surface area contributed by atoms with E-state index >= 15 is 0 Å². The van der Waals surface area contributed by atoms with Crippen molar-refractivity contribution in [3.63, 3.8) is 0 Å². The van der Waals surface area contributed by atoms with E-state index in [9.17, 15) is 9.59 Å². The summed E-state index contributed by atoms with van der Waals surface area (Å²) in [6.07, 6.45) is 3.70. The average molecular weight is 413 g/mol. The fourth-order valence-electron chi connectivity index (χ4n) is 4.39. The number of hydrogen-bond donors (Lipinski definition) is 2. The Morgan fingerprint density at radius 3 is 2.65 bits per heavy atom. The van der Waals surface area contributed by atoms with E-state index in [0.717, 1.165) is 35.6 Å². The second kappa shape index (κ2) is 8.14. The van der Waals surface area contributed by atoms with Gasteiger partial charge in [0.1, 0.15) is 11.8 Å². The molecule has 2 heterocycles. The van der Waals surface area contributed by atoms with Gasteiger partial charge in [0.05, 0.1) is 24.2 Å². The van der Waals surface area contributed by atoms with Crippen molar-refractivity contribution in [2.24, 2.45) is 0 Å². The topological polar surface area (TPSA) is 74.6 Å². The van der Waals surface area contributed by atoms with Gasteiger partial charge in [0.15, 0.2) is 5.78 Å². The molecule has 0 fully saturated rings. The maximum absolute atomic E-state index is 13.1. The quantitative estimate of drug-likeness (QED) is 0.636. The minimum absolute atomic E-state index is 0.0724. The highest BCUT2D eigenvalue weighted by Gasteiger charge is 2.38. The number of nitrogens with one attached hydrogen (secondary N) is 2. The molecule has 0 saturated heterocycles. The van der Waals surface area contributed by atoms with E-state index in [1.165, 1.54) is 0 Å². The molecule has 0 radical (unpaired) electrons. The van der Waals surface area contributed by atoms with Crippen molar-refractivity contribution in [2.45, 2.75) is 25.3 Å². The molecule has 2 aromatic carbocycles. The Morgan fingerprint density at radius 2 is 1.84 bits per heavy atom. The Hall–Kier alpha value is -3.80. The van der Waals surface area contributed by atoms with E-state index in [1.54, 1.807) is 6.26 Å². The Morgan fingerprint density at radius 1 is 1.03 bits per heavy atom. The number of furan rings is 1. The van der Waals surface area contributed by atoms with Gasteiger partial charge in [-0.2, -0.15) is 0 Å². The lowest BCUT2D eigenvalue weighted by Gasteiger charge is -2.33. The van der Waals surface area contributed by atoms with Crippen LogP contribution in [0.1, 0.15) is 31.1 Å². The standard InChI is InChI=1S/C25H23N3O3/c29-21-13-6-11-19-24(21)25(22-14-7-15-31-22)28(20-12-5-4-10-18(20)27-19)16-23(30)26-17-8-2-1-3-9-17/h1-5,7-10,12,14-15,25,27H,6,11,13,16H2,(H,26,30). The summed E-state index contributed by atoms with van der Waals surface area (Å²) in [4.78, 5) is 28.1. The molecule has 1 unspecified atom stereocenters. The van der Waals surface area contributed by atoms with Crippen molar-refractivity contribution in [3.05, 3.63) is 90.0 Å². The van der Waals surface area contributed by atoms with Gasteiger partial charge < -0.3 is 20.0 Å². The number of amides is 1. The Balaban J connectivity index is 1.59. The molecule has 6 heteroatoms. The predicted octanol–water partition coefficient (Wildman–Crippen LogP) is 4.90. The molecular formula is C25H23N3O3. The average Bonchev–Trinajstić information content (AvgIpc) is 3.26. The highest BCUT2D eigenvalue weighted by molar-refractivity contribution is 6.02. The molecule has 1 aliphatic carbocycles. The number of anilines is 3. The van der Waals surface area contributed by atoms with Crippen LogP contribution in [0.4, 0.5) is 17.1 Å². The van der Waals surface area contributed by atoms with Crippen LogP contribution < -0.4 is 15.5 Å². The summed E-state index contributed by atoms with van der Waals surface area (Å²) in [5.41, 5.74) is 4.07. The number of para-hydroxylation sites is 3. The molecule has 156 valence electrons. The van der Waals surface area contributed by atoms with E-state index in [4.69, 9.17) is 4.42 Å². The Kier molecular flexibility index (Phi) is 5.04. The minimum atomic E-state index is -0.476. The lowest BCUT2D eigenvalue weighted by Crippen LogP contribution is -2.38. The van der Waals surface area contributed by atoms with Gasteiger partial charge in [0.2, 0.25) is 5.91 Å². The molecule has 1 aromatic heterocycles. The lowest BCUT2D eigenvalue weighted by molar-refractivity contribution is -0.117. The SMILES string of the molecule is O=C(CN1c2ccccc2NC2=C(C(=O)CCC2)C1c1ccco1)Nc1ccccc1. The van der Waals surface area contributed by atoms with Crippen LogP contribution in [0.5, 0.6) is 0 Å². The normalized spacial score (nSPS) is 18.0. The van der Waals surface area contributed by atoms with Gasteiger partial charge in [0, 0.05) is 23.4 Å². The summed E-state index contributed by atoms with van der Waals surface area (Å²) >= 11 is 0. The molecular weight excluding hydrogens is 390 g/mol. The molecule has 3 aromatic rings. The summed E-state index contributed by atoms with van der Waals surface area (Å²) in [7, 11) is 0. The smallest absolute Gasteiger partial charge is 0.243 e. The monoisotopic (exact) mass is 413 g/mol. The first-order valence-electron chi connectivity index (χ1n) is 10.5. The van der Waals surface area contributed by atoms with E-state index in [-0.39, 0.29) is 18.2 Å². The van der Waals surface area contributed by atoms with Crippen molar-refractivity contribution < 1.29 is 14.0 Å². The summed E-state index contributed by atoms with van der Waals surface area (Å²) in [6.45, 7) is 0.0724. The number of hydrogen-bond acceptors (Lipinski definition) is 5. The fourth-order valence-corrected chi connectivity index (χ4v) is 4.39. The van der Waals surface area contributed by atoms with E-state index in [0.29, 0.717) is 17.8 Å². The molecule has 1 aliphatic heterocycles. The maximum Gasteiger partial charge on any atom is 0.243 e. The van der Waals surface area contributed by atoms with Crippen molar-refractivity contribution in [3.8, 4) is 0 Å². The summed E-state index contributed by atoms with van der Waals surface area (Å²) < 4.78 is 5.78. The number of nitrogens with zero attached hydrogens (tertiary/aromatic N) is 1. The van der Waals surface area contributed by atoms with Crippen molar-refractivity contribution >= 4 is 28.8 Å². The maximum atomic E-state index is 13.1. The third-order valence-corrected chi connectivity index (χ3v) is 5.72. The number of fused-ring (bicyclic) bond motifs is 1. The molecule has 0 saturated carbocycles. The van der Waals surface area contributed by atoms with Crippen LogP contribution in [-0.4, -0.2) is 18.2 Å². The summed E-state index contributed by atoms with van der Waals surface area (Å²) in [5, 5.41) is 6.44. The van der Waals surface area contributed by atoms with Gasteiger partial charge in [0.25, 0.3) is 0 Å². The zero-order valence-electron chi connectivity index (χ0n) is 17.0. The molecule has 1 amide bonds. The Labute approximate surface area is 180 Å². The van der Waals surface area contributed by atoms with Crippen LogP contribution in [0.25, 0.3) is 0 Å². The van der Waals surface area contributed by atoms with Crippen molar-refractivity contribution in [2.75, 3.05) is 22.1 Å². The van der Waals surface area contributed by atoms with Crippen LogP contribution in [0, 0.1) is 0 Å². The van der Waals surface area contributed by atoms with Crippen molar-refractivity contribution in [1.82, 2.24) is 0 Å². The van der Waals surface area contributed by atoms with Gasteiger partial charge in [-0.1, -0.05) is 30.3 Å². The van der Waals surface area contributed by atoms with Gasteiger partial charge >= 0.3 is 0 Å². The summed E-state index contributed by atoms with van der Waals surface area (Å²) in [5.74, 6) is 0.579. The number of benzene rings is 2. The molecule has 31 heavy (non-hydrogen) atoms. The number of allylic oxidation sites excluding steroid dienone is 1. The molecule has 2 N–H and O–H groups in total. The lowest BCUT2D eigenvalue weighted by atomic mass is 9.88. The van der Waals surface area contributed by atoms with Crippen molar-refractivity contribution in [1.29, 1.82) is 0 Å². The minimum Gasteiger partial charge on any atom is -0.467 e.